The maximum absolute atomic E-state index is 11.2. The lowest BCUT2D eigenvalue weighted by Gasteiger charge is -2.38. The Morgan fingerprint density at radius 1 is 1.14 bits per heavy atom. The molecule has 0 amide bonds. The van der Waals surface area contributed by atoms with Crippen LogP contribution in [-0.4, -0.2) is 26.9 Å². The van der Waals surface area contributed by atoms with E-state index in [-0.39, 0.29) is 5.25 Å². The molecular weight excluding hydrogens is 202 g/mol. The van der Waals surface area contributed by atoms with Crippen molar-refractivity contribution in [1.82, 2.24) is 0 Å². The number of fused-ring (bicyclic) bond motifs is 1. The summed E-state index contributed by atoms with van der Waals surface area (Å²) in [5.74, 6) is 1.09. The molecular formula is C9H17NO3S. The first-order valence-corrected chi connectivity index (χ1v) is 6.77. The molecule has 2 fully saturated rings. The molecule has 5 heteroatoms. The summed E-state index contributed by atoms with van der Waals surface area (Å²) in [6.07, 6.45) is 3.40. The number of ether oxygens (including phenoxy) is 1. The van der Waals surface area contributed by atoms with Gasteiger partial charge in [0.1, 0.15) is 0 Å². The normalized spacial score (nSPS) is 39.1. The topological polar surface area (TPSA) is 69.4 Å². The van der Waals surface area contributed by atoms with Gasteiger partial charge < -0.3 is 4.74 Å². The lowest BCUT2D eigenvalue weighted by atomic mass is 9.77. The molecule has 0 radical (unpaired) electrons. The van der Waals surface area contributed by atoms with Gasteiger partial charge in [-0.1, -0.05) is 0 Å². The van der Waals surface area contributed by atoms with Crippen LogP contribution in [0.1, 0.15) is 25.7 Å². The fourth-order valence-electron chi connectivity index (χ4n) is 2.62. The highest BCUT2D eigenvalue weighted by Gasteiger charge is 2.36. The second-order valence-corrected chi connectivity index (χ2v) is 6.25. The molecule has 82 valence electrons. The van der Waals surface area contributed by atoms with Gasteiger partial charge in [0.15, 0.2) is 0 Å². The molecule has 1 aliphatic heterocycles. The summed E-state index contributed by atoms with van der Waals surface area (Å²) in [6, 6.07) is 0. The number of hydrogen-bond donors (Lipinski definition) is 1. The molecule has 3 unspecified atom stereocenters. The molecule has 0 aromatic carbocycles. The smallest absolute Gasteiger partial charge is 0.211 e. The predicted octanol–water partition coefficient (Wildman–Crippen LogP) is 0.480. The van der Waals surface area contributed by atoms with Crippen LogP contribution in [0.15, 0.2) is 0 Å². The second-order valence-electron chi connectivity index (χ2n) is 4.41. The van der Waals surface area contributed by atoms with E-state index in [9.17, 15) is 8.42 Å². The van der Waals surface area contributed by atoms with Crippen LogP contribution in [0.2, 0.25) is 0 Å². The molecule has 0 spiro atoms. The summed E-state index contributed by atoms with van der Waals surface area (Å²) in [5, 5.41) is 4.87. The molecule has 2 rings (SSSR count). The Bertz CT molecular complexity index is 301. The lowest BCUT2D eigenvalue weighted by Crippen LogP contribution is -2.40. The third-order valence-corrected chi connectivity index (χ3v) is 4.88. The number of sulfonamides is 1. The predicted molar refractivity (Wildman–Crippen MR) is 53.2 cm³/mol. The standard InChI is InChI=1S/C9H17NO3S/c10-14(11,12)9-2-1-8-6-13-4-3-7(8)5-9/h7-9H,1-6H2,(H2,10,11,12). The number of hydrogen-bond acceptors (Lipinski definition) is 3. The zero-order valence-electron chi connectivity index (χ0n) is 8.19. The van der Waals surface area contributed by atoms with Gasteiger partial charge in [0, 0.05) is 13.2 Å². The third-order valence-electron chi connectivity index (χ3n) is 3.52. The Hall–Kier alpha value is -0.130. The molecule has 2 aliphatic rings. The maximum atomic E-state index is 11.2. The van der Waals surface area contributed by atoms with Gasteiger partial charge >= 0.3 is 0 Å². The van der Waals surface area contributed by atoms with Crippen LogP contribution in [0.5, 0.6) is 0 Å². The van der Waals surface area contributed by atoms with Gasteiger partial charge in [0.05, 0.1) is 5.25 Å². The van der Waals surface area contributed by atoms with Crippen molar-refractivity contribution in [2.75, 3.05) is 13.2 Å². The Morgan fingerprint density at radius 3 is 2.64 bits per heavy atom. The van der Waals surface area contributed by atoms with Crippen molar-refractivity contribution in [3.05, 3.63) is 0 Å². The van der Waals surface area contributed by atoms with Crippen molar-refractivity contribution in [1.29, 1.82) is 0 Å². The largest absolute Gasteiger partial charge is 0.381 e. The van der Waals surface area contributed by atoms with E-state index in [2.05, 4.69) is 0 Å². The zero-order valence-corrected chi connectivity index (χ0v) is 9.00. The van der Waals surface area contributed by atoms with E-state index in [0.29, 0.717) is 18.3 Å². The van der Waals surface area contributed by atoms with Gasteiger partial charge in [-0.2, -0.15) is 0 Å². The summed E-state index contributed by atoms with van der Waals surface area (Å²) >= 11 is 0. The molecule has 2 N–H and O–H groups in total. The van der Waals surface area contributed by atoms with Gasteiger partial charge in [-0.05, 0) is 37.5 Å². The molecule has 3 atom stereocenters. The molecule has 1 aliphatic carbocycles. The molecule has 14 heavy (non-hydrogen) atoms. The Labute approximate surface area is 84.9 Å². The minimum absolute atomic E-state index is 0.304. The average molecular weight is 219 g/mol. The van der Waals surface area contributed by atoms with Crippen LogP contribution in [0.3, 0.4) is 0 Å². The first kappa shape index (κ1) is 10.4. The Morgan fingerprint density at radius 2 is 1.93 bits per heavy atom. The molecule has 0 aromatic rings. The molecule has 0 bridgehead atoms. The molecule has 1 heterocycles. The summed E-state index contributed by atoms with van der Waals surface area (Å²) in [4.78, 5) is 0. The van der Waals surface area contributed by atoms with Crippen molar-refractivity contribution in [2.24, 2.45) is 17.0 Å². The zero-order chi connectivity index (χ0) is 10.2. The van der Waals surface area contributed by atoms with Crippen LogP contribution in [0.4, 0.5) is 0 Å². The SMILES string of the molecule is NS(=O)(=O)C1CCC2COCCC2C1. The highest BCUT2D eigenvalue weighted by Crippen LogP contribution is 2.37. The van der Waals surface area contributed by atoms with E-state index in [1.54, 1.807) is 0 Å². The van der Waals surface area contributed by atoms with Crippen LogP contribution < -0.4 is 5.14 Å². The van der Waals surface area contributed by atoms with Crippen molar-refractivity contribution >= 4 is 10.0 Å². The van der Waals surface area contributed by atoms with Crippen molar-refractivity contribution in [2.45, 2.75) is 30.9 Å². The van der Waals surface area contributed by atoms with E-state index < -0.39 is 10.0 Å². The van der Waals surface area contributed by atoms with Gasteiger partial charge in [-0.3, -0.25) is 0 Å². The van der Waals surface area contributed by atoms with E-state index >= 15 is 0 Å². The second kappa shape index (κ2) is 3.79. The minimum Gasteiger partial charge on any atom is -0.381 e. The Balaban J connectivity index is 2.03. The monoisotopic (exact) mass is 219 g/mol. The van der Waals surface area contributed by atoms with Gasteiger partial charge in [-0.15, -0.1) is 0 Å². The summed E-state index contributed by atoms with van der Waals surface area (Å²) in [6.45, 7) is 1.58. The van der Waals surface area contributed by atoms with Crippen molar-refractivity contribution < 1.29 is 13.2 Å². The maximum Gasteiger partial charge on any atom is 0.211 e. The number of nitrogens with two attached hydrogens (primary N) is 1. The van der Waals surface area contributed by atoms with Crippen LogP contribution in [-0.2, 0) is 14.8 Å². The molecule has 4 nitrogen and oxygen atoms in total. The van der Waals surface area contributed by atoms with Gasteiger partial charge in [-0.25, -0.2) is 13.6 Å². The lowest BCUT2D eigenvalue weighted by molar-refractivity contribution is -0.000736. The first-order chi connectivity index (χ1) is 6.57. The fraction of sp³-hybridized carbons (Fsp3) is 1.00. The van der Waals surface area contributed by atoms with E-state index in [4.69, 9.17) is 9.88 Å². The van der Waals surface area contributed by atoms with Gasteiger partial charge in [0.2, 0.25) is 10.0 Å². The minimum atomic E-state index is -3.32. The summed E-state index contributed by atoms with van der Waals surface area (Å²) in [7, 11) is -3.32. The molecule has 1 saturated heterocycles. The third kappa shape index (κ3) is 2.10. The van der Waals surface area contributed by atoms with Crippen LogP contribution >= 0.6 is 0 Å². The highest BCUT2D eigenvalue weighted by molar-refractivity contribution is 7.89. The summed E-state index contributed by atoms with van der Waals surface area (Å²) < 4.78 is 27.8. The van der Waals surface area contributed by atoms with Crippen LogP contribution in [0, 0.1) is 11.8 Å². The quantitative estimate of drug-likeness (QED) is 0.697. The molecule has 0 aromatic heterocycles. The Kier molecular flexibility index (Phi) is 2.81. The fourth-order valence-corrected chi connectivity index (χ4v) is 3.60. The van der Waals surface area contributed by atoms with Crippen LogP contribution in [0.25, 0.3) is 0 Å². The summed E-state index contributed by atoms with van der Waals surface area (Å²) in [5.41, 5.74) is 0. The van der Waals surface area contributed by atoms with E-state index in [1.807, 2.05) is 0 Å². The number of primary sulfonamides is 1. The van der Waals surface area contributed by atoms with Gasteiger partial charge in [0.25, 0.3) is 0 Å². The van der Waals surface area contributed by atoms with Crippen molar-refractivity contribution in [3.63, 3.8) is 0 Å². The first-order valence-electron chi connectivity index (χ1n) is 5.16. The van der Waals surface area contributed by atoms with Crippen molar-refractivity contribution in [3.8, 4) is 0 Å². The number of rotatable bonds is 1. The van der Waals surface area contributed by atoms with E-state index in [0.717, 1.165) is 32.5 Å². The average Bonchev–Trinajstić information content (AvgIpc) is 2.16. The van der Waals surface area contributed by atoms with E-state index in [1.165, 1.54) is 0 Å². The molecule has 1 saturated carbocycles. The highest BCUT2D eigenvalue weighted by atomic mass is 32.2.